The zero-order valence-corrected chi connectivity index (χ0v) is 19.4. The van der Waals surface area contributed by atoms with Gasteiger partial charge in [-0.2, -0.15) is 0 Å². The van der Waals surface area contributed by atoms with E-state index in [1.165, 1.54) is 0 Å². The highest BCUT2D eigenvalue weighted by Gasteiger charge is 2.40. The van der Waals surface area contributed by atoms with Gasteiger partial charge in [0.25, 0.3) is 0 Å². The van der Waals surface area contributed by atoms with Gasteiger partial charge in [-0.15, -0.1) is 0 Å². The minimum atomic E-state index is -0.744. The Balaban J connectivity index is 1.34. The summed E-state index contributed by atoms with van der Waals surface area (Å²) >= 11 is 0. The van der Waals surface area contributed by atoms with E-state index in [1.54, 1.807) is 6.20 Å². The number of amides is 2. The van der Waals surface area contributed by atoms with Gasteiger partial charge < -0.3 is 15.0 Å². The molecule has 2 amide bonds. The first-order valence-electron chi connectivity index (χ1n) is 11.9. The highest BCUT2D eigenvalue weighted by Crippen LogP contribution is 2.37. The van der Waals surface area contributed by atoms with Gasteiger partial charge in [-0.1, -0.05) is 66.7 Å². The largest absolute Gasteiger partial charge is 0.438 e. The van der Waals surface area contributed by atoms with E-state index in [2.05, 4.69) is 10.3 Å². The average Bonchev–Trinajstić information content (AvgIpc) is 2.89. The molecule has 2 aromatic carbocycles. The maximum absolute atomic E-state index is 12.8. The second-order valence-electron chi connectivity index (χ2n) is 8.61. The molecule has 0 aliphatic carbocycles. The van der Waals surface area contributed by atoms with Crippen molar-refractivity contribution < 1.29 is 14.3 Å². The Morgan fingerprint density at radius 1 is 0.882 bits per heavy atom. The third-order valence-corrected chi connectivity index (χ3v) is 6.36. The molecule has 1 N–H and O–H groups in total. The van der Waals surface area contributed by atoms with Crippen LogP contribution in [0.5, 0.6) is 0 Å². The molecule has 1 aliphatic rings. The lowest BCUT2D eigenvalue weighted by Crippen LogP contribution is -2.48. The Labute approximate surface area is 201 Å². The highest BCUT2D eigenvalue weighted by molar-refractivity contribution is 5.76. The predicted octanol–water partition coefficient (Wildman–Crippen LogP) is 4.50. The van der Waals surface area contributed by atoms with Crippen molar-refractivity contribution in [1.29, 1.82) is 0 Å². The molecule has 4 rings (SSSR count). The van der Waals surface area contributed by atoms with Gasteiger partial charge >= 0.3 is 6.09 Å². The van der Waals surface area contributed by atoms with Crippen LogP contribution >= 0.6 is 0 Å². The number of nitrogens with one attached hydrogen (secondary N) is 1. The van der Waals surface area contributed by atoms with Crippen LogP contribution in [0.3, 0.4) is 0 Å². The number of hydrogen-bond acceptors (Lipinski definition) is 4. The maximum Gasteiger partial charge on any atom is 0.408 e. The van der Waals surface area contributed by atoms with E-state index < -0.39 is 11.7 Å². The SMILES string of the molecule is O=C(NCCc1ccccn1)OC1(c2ccccc2)CCN(C(=O)CCc2ccccc2)CC1. The van der Waals surface area contributed by atoms with Crippen molar-refractivity contribution in [3.63, 3.8) is 0 Å². The first kappa shape index (κ1) is 23.5. The Kier molecular flexibility index (Phi) is 7.91. The van der Waals surface area contributed by atoms with E-state index in [1.807, 2.05) is 83.8 Å². The number of carbonyl (C=O) groups excluding carboxylic acids is 2. The summed E-state index contributed by atoms with van der Waals surface area (Å²) in [4.78, 5) is 31.7. The molecule has 6 nitrogen and oxygen atoms in total. The third-order valence-electron chi connectivity index (χ3n) is 6.36. The summed E-state index contributed by atoms with van der Waals surface area (Å²) in [6.07, 6.45) is 4.30. The van der Waals surface area contributed by atoms with Gasteiger partial charge in [-0.3, -0.25) is 9.78 Å². The van der Waals surface area contributed by atoms with Gasteiger partial charge in [0.05, 0.1) is 0 Å². The van der Waals surface area contributed by atoms with Crippen LogP contribution in [0, 0.1) is 0 Å². The molecule has 1 aliphatic heterocycles. The molecule has 0 atom stereocenters. The lowest BCUT2D eigenvalue weighted by molar-refractivity contribution is -0.135. The van der Waals surface area contributed by atoms with E-state index >= 15 is 0 Å². The van der Waals surface area contributed by atoms with E-state index in [9.17, 15) is 9.59 Å². The van der Waals surface area contributed by atoms with Crippen molar-refractivity contribution >= 4 is 12.0 Å². The molecule has 1 fully saturated rings. The Morgan fingerprint density at radius 2 is 1.56 bits per heavy atom. The first-order valence-corrected chi connectivity index (χ1v) is 11.9. The van der Waals surface area contributed by atoms with Crippen molar-refractivity contribution in [2.24, 2.45) is 0 Å². The van der Waals surface area contributed by atoms with Crippen LogP contribution in [0.15, 0.2) is 85.1 Å². The topological polar surface area (TPSA) is 71.5 Å². The molecule has 3 aromatic rings. The monoisotopic (exact) mass is 457 g/mol. The van der Waals surface area contributed by atoms with Gasteiger partial charge in [0.2, 0.25) is 5.91 Å². The molecule has 0 saturated carbocycles. The number of piperidine rings is 1. The van der Waals surface area contributed by atoms with Gasteiger partial charge in [0, 0.05) is 57.2 Å². The standard InChI is InChI=1S/C28H31N3O3/c32-26(15-14-23-9-3-1-4-10-23)31-21-17-28(18-22-31,24-11-5-2-6-12-24)34-27(33)30-20-16-25-13-7-8-19-29-25/h1-13,19H,14-18,20-22H2,(H,30,33). The number of rotatable bonds is 8. The number of ether oxygens (including phenoxy) is 1. The van der Waals surface area contributed by atoms with Crippen LogP contribution in [0.4, 0.5) is 4.79 Å². The van der Waals surface area contributed by atoms with Gasteiger partial charge in [0.1, 0.15) is 5.60 Å². The molecule has 1 aromatic heterocycles. The normalized spacial score (nSPS) is 14.9. The second kappa shape index (κ2) is 11.5. The molecule has 0 bridgehead atoms. The number of pyridine rings is 1. The minimum absolute atomic E-state index is 0.144. The van der Waals surface area contributed by atoms with Gasteiger partial charge in [-0.25, -0.2) is 4.79 Å². The Morgan fingerprint density at radius 3 is 2.24 bits per heavy atom. The zero-order valence-electron chi connectivity index (χ0n) is 19.4. The van der Waals surface area contributed by atoms with Crippen LogP contribution < -0.4 is 5.32 Å². The summed E-state index contributed by atoms with van der Waals surface area (Å²) in [5, 5.41) is 2.86. The molecule has 0 unspecified atom stereocenters. The molecule has 176 valence electrons. The van der Waals surface area contributed by atoms with Gasteiger partial charge in [-0.05, 0) is 29.7 Å². The number of aryl methyl sites for hydroxylation is 1. The fourth-order valence-electron chi connectivity index (χ4n) is 4.42. The fourth-order valence-corrected chi connectivity index (χ4v) is 4.42. The van der Waals surface area contributed by atoms with Crippen molar-refractivity contribution in [2.45, 2.75) is 37.7 Å². The molecule has 6 heteroatoms. The smallest absolute Gasteiger partial charge is 0.408 e. The highest BCUT2D eigenvalue weighted by atomic mass is 16.6. The number of likely N-dealkylation sites (tertiary alicyclic amines) is 1. The van der Waals surface area contributed by atoms with E-state index in [0.29, 0.717) is 45.3 Å². The van der Waals surface area contributed by atoms with Gasteiger partial charge in [0.15, 0.2) is 0 Å². The fraction of sp³-hybridized carbons (Fsp3) is 0.321. The molecular weight excluding hydrogens is 426 g/mol. The van der Waals surface area contributed by atoms with Crippen LogP contribution in [0.25, 0.3) is 0 Å². The number of carbonyl (C=O) groups is 2. The van der Waals surface area contributed by atoms with Crippen molar-refractivity contribution in [3.8, 4) is 0 Å². The number of benzene rings is 2. The number of hydrogen-bond donors (Lipinski definition) is 1. The molecule has 0 spiro atoms. The average molecular weight is 458 g/mol. The molecular formula is C28H31N3O3. The van der Waals surface area contributed by atoms with Crippen molar-refractivity contribution in [2.75, 3.05) is 19.6 Å². The lowest BCUT2D eigenvalue weighted by Gasteiger charge is -2.41. The number of alkyl carbamates (subject to hydrolysis) is 1. The zero-order chi connectivity index (χ0) is 23.6. The number of aromatic nitrogens is 1. The van der Waals surface area contributed by atoms with Crippen molar-refractivity contribution in [1.82, 2.24) is 15.2 Å². The maximum atomic E-state index is 12.8. The molecule has 2 heterocycles. The van der Waals surface area contributed by atoms with Crippen LogP contribution in [-0.4, -0.2) is 41.5 Å². The lowest BCUT2D eigenvalue weighted by atomic mass is 9.84. The summed E-state index contributed by atoms with van der Waals surface area (Å²) in [5.74, 6) is 0.144. The molecule has 1 saturated heterocycles. The summed E-state index contributed by atoms with van der Waals surface area (Å²) < 4.78 is 6.05. The molecule has 0 radical (unpaired) electrons. The third kappa shape index (κ3) is 6.22. The second-order valence-corrected chi connectivity index (χ2v) is 8.61. The van der Waals surface area contributed by atoms with Crippen molar-refractivity contribution in [3.05, 3.63) is 102 Å². The predicted molar refractivity (Wildman–Crippen MR) is 131 cm³/mol. The molecule has 34 heavy (non-hydrogen) atoms. The first-order chi connectivity index (χ1) is 16.6. The van der Waals surface area contributed by atoms with Crippen LogP contribution in [0.1, 0.15) is 36.1 Å². The van der Waals surface area contributed by atoms with E-state index in [0.717, 1.165) is 23.2 Å². The summed E-state index contributed by atoms with van der Waals surface area (Å²) in [6.45, 7) is 1.57. The van der Waals surface area contributed by atoms with Crippen LogP contribution in [0.2, 0.25) is 0 Å². The quantitative estimate of drug-likeness (QED) is 0.541. The summed E-state index contributed by atoms with van der Waals surface area (Å²) in [7, 11) is 0. The number of nitrogens with zero attached hydrogens (tertiary/aromatic N) is 2. The Hall–Kier alpha value is -3.67. The minimum Gasteiger partial charge on any atom is -0.438 e. The summed E-state index contributed by atoms with van der Waals surface area (Å²) in [5.41, 5.74) is 2.30. The van der Waals surface area contributed by atoms with E-state index in [4.69, 9.17) is 4.74 Å². The van der Waals surface area contributed by atoms with Crippen LogP contribution in [-0.2, 0) is 28.0 Å². The summed E-state index contributed by atoms with van der Waals surface area (Å²) in [6, 6.07) is 25.6. The van der Waals surface area contributed by atoms with E-state index in [-0.39, 0.29) is 5.91 Å². The Bertz CT molecular complexity index is 1050.